The molecular formula is C13H12F3N3O3. The fraction of sp³-hybridized carbons (Fsp3) is 0.231. The Morgan fingerprint density at radius 1 is 1.36 bits per heavy atom. The zero-order valence-corrected chi connectivity index (χ0v) is 11.1. The van der Waals surface area contributed by atoms with Gasteiger partial charge in [0.1, 0.15) is 11.9 Å². The maximum atomic E-state index is 13.1. The first-order valence-electron chi connectivity index (χ1n) is 6.10. The number of rotatable bonds is 3. The maximum absolute atomic E-state index is 13.1. The zero-order chi connectivity index (χ0) is 16.3. The van der Waals surface area contributed by atoms with Crippen molar-refractivity contribution in [3.05, 3.63) is 52.4 Å². The van der Waals surface area contributed by atoms with Crippen molar-refractivity contribution in [1.82, 2.24) is 9.55 Å². The van der Waals surface area contributed by atoms with Gasteiger partial charge >= 0.3 is 5.69 Å². The Kier molecular flexibility index (Phi) is 4.78. The van der Waals surface area contributed by atoms with E-state index >= 15 is 0 Å². The van der Waals surface area contributed by atoms with Crippen molar-refractivity contribution in [2.75, 3.05) is 12.3 Å². The van der Waals surface area contributed by atoms with Crippen LogP contribution in [0.4, 0.5) is 19.0 Å². The van der Waals surface area contributed by atoms with Crippen LogP contribution in [0.25, 0.3) is 6.08 Å². The second-order valence-corrected chi connectivity index (χ2v) is 4.35. The highest BCUT2D eigenvalue weighted by Crippen LogP contribution is 2.38. The number of nitrogens with zero attached hydrogens (tertiary/aromatic N) is 2. The quantitative estimate of drug-likeness (QED) is 0.879. The number of aromatic nitrogens is 2. The zero-order valence-electron chi connectivity index (χ0n) is 11.1. The van der Waals surface area contributed by atoms with Crippen LogP contribution in [0.2, 0.25) is 0 Å². The van der Waals surface area contributed by atoms with Crippen LogP contribution in [0.15, 0.2) is 41.1 Å². The molecular weight excluding hydrogens is 303 g/mol. The van der Waals surface area contributed by atoms with E-state index in [1.54, 1.807) is 0 Å². The third kappa shape index (κ3) is 2.68. The highest BCUT2D eigenvalue weighted by molar-refractivity contribution is 5.59. The van der Waals surface area contributed by atoms with Gasteiger partial charge in [0, 0.05) is 22.9 Å². The summed E-state index contributed by atoms with van der Waals surface area (Å²) in [6.07, 6.45) is -0.0963. The Morgan fingerprint density at radius 3 is 2.59 bits per heavy atom. The number of anilines is 1. The average molecular weight is 315 g/mol. The fourth-order valence-corrected chi connectivity index (χ4v) is 2.10. The van der Waals surface area contributed by atoms with Crippen molar-refractivity contribution in [2.24, 2.45) is 0 Å². The second-order valence-electron chi connectivity index (χ2n) is 4.35. The molecule has 0 saturated carbocycles. The van der Waals surface area contributed by atoms with E-state index in [0.717, 1.165) is 16.8 Å². The molecule has 1 aliphatic rings. The number of hydrogen-bond donors (Lipinski definition) is 2. The summed E-state index contributed by atoms with van der Waals surface area (Å²) < 4.78 is 44.3. The molecule has 0 bridgehead atoms. The number of halogens is 3. The molecule has 1 aromatic rings. The third-order valence-corrected chi connectivity index (χ3v) is 3.15. The van der Waals surface area contributed by atoms with E-state index in [-0.39, 0.29) is 41.5 Å². The highest BCUT2D eigenvalue weighted by Gasteiger charge is 2.37. The van der Waals surface area contributed by atoms with Crippen LogP contribution in [-0.2, 0) is 4.74 Å². The van der Waals surface area contributed by atoms with Gasteiger partial charge in [-0.2, -0.15) is 4.98 Å². The smallest absolute Gasteiger partial charge is 0.351 e. The van der Waals surface area contributed by atoms with Crippen LogP contribution in [0.3, 0.4) is 0 Å². The second kappa shape index (κ2) is 6.58. The molecule has 118 valence electrons. The Hall–Kier alpha value is -2.39. The van der Waals surface area contributed by atoms with Gasteiger partial charge in [-0.25, -0.2) is 18.0 Å². The molecule has 6 nitrogen and oxygen atoms in total. The monoisotopic (exact) mass is 315 g/mol. The average Bonchev–Trinajstić information content (AvgIpc) is 2.87. The minimum atomic E-state index is -1.35. The summed E-state index contributed by atoms with van der Waals surface area (Å²) in [6.45, 7) is -0.613. The van der Waals surface area contributed by atoms with Gasteiger partial charge in [-0.15, -0.1) is 0 Å². The number of hydrogen-bond acceptors (Lipinski definition) is 5. The largest absolute Gasteiger partial charge is 0.393 e. The van der Waals surface area contributed by atoms with Crippen LogP contribution in [0, 0.1) is 0 Å². The van der Waals surface area contributed by atoms with Crippen molar-refractivity contribution in [1.29, 1.82) is 0 Å². The molecule has 3 N–H and O–H groups in total. The molecule has 2 atom stereocenters. The van der Waals surface area contributed by atoms with Crippen molar-refractivity contribution in [3.8, 4) is 0 Å². The lowest BCUT2D eigenvalue weighted by Gasteiger charge is -2.15. The lowest BCUT2D eigenvalue weighted by molar-refractivity contribution is -0.00860. The molecule has 2 unspecified atom stereocenters. The number of nitrogens with two attached hydrogens (primary N) is 1. The molecule has 9 heteroatoms. The number of aliphatic hydroxyl groups excluding tert-OH is 1. The molecule has 1 saturated heterocycles. The van der Waals surface area contributed by atoms with Crippen molar-refractivity contribution >= 4 is 11.9 Å². The predicted octanol–water partition coefficient (Wildman–Crippen LogP) is 1.36. The van der Waals surface area contributed by atoms with E-state index in [2.05, 4.69) is 4.98 Å². The SMILES string of the molecule is Nc1nc(=O)n(C2OC(CO)C(=C/F)/C2=C\F)cc1/C=C/F. The van der Waals surface area contributed by atoms with Crippen LogP contribution in [-0.4, -0.2) is 27.4 Å². The van der Waals surface area contributed by atoms with Gasteiger partial charge in [-0.05, 0) is 6.08 Å². The number of aliphatic hydroxyl groups is 1. The molecule has 1 aromatic heterocycles. The van der Waals surface area contributed by atoms with E-state index in [1.807, 2.05) is 0 Å². The van der Waals surface area contributed by atoms with E-state index in [4.69, 9.17) is 15.6 Å². The summed E-state index contributed by atoms with van der Waals surface area (Å²) in [4.78, 5) is 15.4. The van der Waals surface area contributed by atoms with Crippen LogP contribution >= 0.6 is 0 Å². The first-order valence-corrected chi connectivity index (χ1v) is 6.10. The summed E-state index contributed by atoms with van der Waals surface area (Å²) in [5.41, 5.74) is 4.11. The standard InChI is InChI=1S/C13H12F3N3O3/c14-2-1-7-5-19(13(21)18-11(7)17)12-9(4-16)8(3-15)10(6-20)22-12/h1-5,10,12,20H,6H2,(H2,17,18,21)/b2-1+,8-3+,9-4+. The Balaban J connectivity index is 2.56. The van der Waals surface area contributed by atoms with E-state index in [9.17, 15) is 18.0 Å². The number of ether oxygens (including phenoxy) is 1. The van der Waals surface area contributed by atoms with Gasteiger partial charge in [0.15, 0.2) is 6.23 Å². The predicted molar refractivity (Wildman–Crippen MR) is 72.4 cm³/mol. The minimum Gasteiger partial charge on any atom is -0.393 e. The first-order chi connectivity index (χ1) is 10.6. The summed E-state index contributed by atoms with van der Waals surface area (Å²) in [5.74, 6) is -0.223. The molecule has 0 spiro atoms. The summed E-state index contributed by atoms with van der Waals surface area (Å²) >= 11 is 0. The Labute approximate surface area is 122 Å². The summed E-state index contributed by atoms with van der Waals surface area (Å²) in [7, 11) is 0. The van der Waals surface area contributed by atoms with Gasteiger partial charge in [-0.1, -0.05) is 0 Å². The molecule has 0 aromatic carbocycles. The van der Waals surface area contributed by atoms with E-state index in [1.165, 1.54) is 0 Å². The number of nitrogen functional groups attached to an aromatic ring is 1. The molecule has 1 fully saturated rings. The minimum absolute atomic E-state index is 0.0575. The van der Waals surface area contributed by atoms with Gasteiger partial charge in [0.2, 0.25) is 0 Å². The lowest BCUT2D eigenvalue weighted by atomic mass is 10.1. The summed E-state index contributed by atoms with van der Waals surface area (Å²) in [5, 5.41) is 9.13. The normalized spacial score (nSPS) is 25.6. The first kappa shape index (κ1) is 16.0. The van der Waals surface area contributed by atoms with E-state index < -0.39 is 24.6 Å². The topological polar surface area (TPSA) is 90.4 Å². The summed E-state index contributed by atoms with van der Waals surface area (Å²) in [6, 6.07) is 0. The molecule has 22 heavy (non-hydrogen) atoms. The maximum Gasteiger partial charge on any atom is 0.351 e. The van der Waals surface area contributed by atoms with Crippen LogP contribution < -0.4 is 11.4 Å². The van der Waals surface area contributed by atoms with Crippen molar-refractivity contribution in [3.63, 3.8) is 0 Å². The molecule has 0 amide bonds. The Morgan fingerprint density at radius 2 is 2.05 bits per heavy atom. The molecule has 2 heterocycles. The molecule has 0 radical (unpaired) electrons. The third-order valence-electron chi connectivity index (χ3n) is 3.15. The fourth-order valence-electron chi connectivity index (χ4n) is 2.10. The van der Waals surface area contributed by atoms with Gasteiger partial charge < -0.3 is 15.6 Å². The lowest BCUT2D eigenvalue weighted by Crippen LogP contribution is -2.29. The van der Waals surface area contributed by atoms with E-state index in [0.29, 0.717) is 0 Å². The van der Waals surface area contributed by atoms with Crippen molar-refractivity contribution < 1.29 is 23.0 Å². The van der Waals surface area contributed by atoms with Gasteiger partial charge in [0.05, 0.1) is 25.6 Å². The molecule has 0 aliphatic carbocycles. The highest BCUT2D eigenvalue weighted by atomic mass is 19.1. The van der Waals surface area contributed by atoms with Gasteiger partial charge in [0.25, 0.3) is 0 Å². The Bertz CT molecular complexity index is 712. The molecule has 2 rings (SSSR count). The molecule has 1 aliphatic heterocycles. The van der Waals surface area contributed by atoms with Gasteiger partial charge in [-0.3, -0.25) is 4.57 Å². The van der Waals surface area contributed by atoms with Crippen molar-refractivity contribution in [2.45, 2.75) is 12.3 Å². The van der Waals surface area contributed by atoms with Crippen LogP contribution in [0.5, 0.6) is 0 Å². The van der Waals surface area contributed by atoms with Crippen LogP contribution in [0.1, 0.15) is 11.8 Å².